The van der Waals surface area contributed by atoms with Crippen molar-refractivity contribution < 1.29 is 9.53 Å². The Morgan fingerprint density at radius 3 is 2.77 bits per heavy atom. The molecule has 0 spiro atoms. The first kappa shape index (κ1) is 23.5. The van der Waals surface area contributed by atoms with Gasteiger partial charge in [0.25, 0.3) is 5.91 Å². The summed E-state index contributed by atoms with van der Waals surface area (Å²) in [6.07, 6.45) is 2.92. The fraction of sp³-hybridized carbons (Fsp3) is 0.435. The van der Waals surface area contributed by atoms with Gasteiger partial charge in [0.15, 0.2) is 5.11 Å². The Bertz CT molecular complexity index is 1050. The summed E-state index contributed by atoms with van der Waals surface area (Å²) in [4.78, 5) is 13.8. The van der Waals surface area contributed by atoms with Gasteiger partial charge in [0.1, 0.15) is 16.8 Å². The molecule has 3 rings (SSSR count). The van der Waals surface area contributed by atoms with Crippen LogP contribution in [0.4, 0.5) is 5.00 Å². The van der Waals surface area contributed by atoms with Crippen LogP contribution in [0.1, 0.15) is 60.5 Å². The van der Waals surface area contributed by atoms with E-state index >= 15 is 0 Å². The van der Waals surface area contributed by atoms with Gasteiger partial charge in [-0.1, -0.05) is 32.4 Å². The zero-order valence-corrected chi connectivity index (χ0v) is 20.5. The molecule has 0 saturated heterocycles. The number of carbonyl (C=O) groups is 1. The molecule has 1 aliphatic carbocycles. The van der Waals surface area contributed by atoms with Crippen molar-refractivity contribution in [3.63, 3.8) is 0 Å². The normalized spacial score (nSPS) is 15.5. The predicted octanol–water partition coefficient (Wildman–Crippen LogP) is 5.95. The highest BCUT2D eigenvalue weighted by Crippen LogP contribution is 2.44. The van der Waals surface area contributed by atoms with Crippen LogP contribution in [0.5, 0.6) is 5.75 Å². The van der Waals surface area contributed by atoms with Crippen molar-refractivity contribution in [3.05, 3.63) is 44.8 Å². The van der Waals surface area contributed by atoms with Gasteiger partial charge in [-0.2, -0.15) is 5.26 Å². The number of carbonyl (C=O) groups excluding carboxylic acids is 1. The number of hydrogen-bond donors (Lipinski definition) is 2. The van der Waals surface area contributed by atoms with Gasteiger partial charge in [0.05, 0.1) is 17.2 Å². The van der Waals surface area contributed by atoms with Gasteiger partial charge >= 0.3 is 0 Å². The number of amides is 1. The molecule has 1 aromatic carbocycles. The Morgan fingerprint density at radius 2 is 2.16 bits per heavy atom. The molecule has 164 valence electrons. The Morgan fingerprint density at radius 1 is 1.42 bits per heavy atom. The molecule has 0 fully saturated rings. The van der Waals surface area contributed by atoms with E-state index in [2.05, 4.69) is 37.5 Å². The summed E-state index contributed by atoms with van der Waals surface area (Å²) in [6.45, 7) is 9.14. The number of rotatable bonds is 4. The Hall–Kier alpha value is -2.14. The van der Waals surface area contributed by atoms with Crippen molar-refractivity contribution in [1.82, 2.24) is 5.32 Å². The summed E-state index contributed by atoms with van der Waals surface area (Å²) in [6, 6.07) is 7.15. The van der Waals surface area contributed by atoms with Gasteiger partial charge in [-0.3, -0.25) is 10.1 Å². The lowest BCUT2D eigenvalue weighted by Gasteiger charge is -2.33. The number of anilines is 1. The van der Waals surface area contributed by atoms with Crippen LogP contribution in [0.15, 0.2) is 18.2 Å². The van der Waals surface area contributed by atoms with Gasteiger partial charge in [-0.05, 0) is 73.5 Å². The predicted molar refractivity (Wildman–Crippen MR) is 130 cm³/mol. The molecule has 0 radical (unpaired) electrons. The number of benzene rings is 1. The Labute approximate surface area is 197 Å². The SMILES string of the molecule is CCOc1ccc(C(=O)NC(=S)Nc2sc3c(c2C#N)CC[C@H](C(C)(C)C)C3)cc1Cl. The molecule has 1 amide bonds. The third-order valence-corrected chi connectivity index (χ3v) is 7.22. The molecule has 0 saturated carbocycles. The van der Waals surface area contributed by atoms with Crippen LogP contribution in [0, 0.1) is 22.7 Å². The number of nitrogens with one attached hydrogen (secondary N) is 2. The number of fused-ring (bicyclic) bond motifs is 1. The van der Waals surface area contributed by atoms with Crippen molar-refractivity contribution in [2.75, 3.05) is 11.9 Å². The molecule has 31 heavy (non-hydrogen) atoms. The highest BCUT2D eigenvalue weighted by molar-refractivity contribution is 7.80. The molecule has 0 aliphatic heterocycles. The van der Waals surface area contributed by atoms with Crippen LogP contribution in [0.2, 0.25) is 5.02 Å². The summed E-state index contributed by atoms with van der Waals surface area (Å²) in [5.74, 6) is 0.724. The fourth-order valence-electron chi connectivity index (χ4n) is 3.76. The van der Waals surface area contributed by atoms with Crippen molar-refractivity contribution in [2.45, 2.75) is 47.0 Å². The van der Waals surface area contributed by atoms with Gasteiger partial charge in [0.2, 0.25) is 0 Å². The number of ether oxygens (including phenoxy) is 1. The van der Waals surface area contributed by atoms with E-state index in [1.165, 1.54) is 4.88 Å². The van der Waals surface area contributed by atoms with E-state index in [1.807, 2.05) is 6.92 Å². The monoisotopic (exact) mass is 475 g/mol. The van der Waals surface area contributed by atoms with Gasteiger partial charge in [-0.15, -0.1) is 11.3 Å². The van der Waals surface area contributed by atoms with Crippen molar-refractivity contribution in [2.24, 2.45) is 11.3 Å². The Balaban J connectivity index is 1.71. The summed E-state index contributed by atoms with van der Waals surface area (Å²) < 4.78 is 5.39. The number of thiophene rings is 1. The van der Waals surface area contributed by atoms with Crippen molar-refractivity contribution in [1.29, 1.82) is 5.26 Å². The number of hydrogen-bond acceptors (Lipinski definition) is 5. The van der Waals surface area contributed by atoms with Crippen LogP contribution >= 0.6 is 35.2 Å². The second-order valence-electron chi connectivity index (χ2n) is 8.61. The maximum absolute atomic E-state index is 12.6. The average molecular weight is 476 g/mol. The molecule has 1 aromatic heterocycles. The third-order valence-electron chi connectivity index (χ3n) is 5.55. The van der Waals surface area contributed by atoms with Gasteiger partial charge < -0.3 is 10.1 Å². The summed E-state index contributed by atoms with van der Waals surface area (Å²) in [7, 11) is 0. The maximum Gasteiger partial charge on any atom is 0.257 e. The van der Waals surface area contributed by atoms with E-state index < -0.39 is 0 Å². The lowest BCUT2D eigenvalue weighted by atomic mass is 9.72. The average Bonchev–Trinajstić information content (AvgIpc) is 3.04. The van der Waals surface area contributed by atoms with Gasteiger partial charge in [-0.25, -0.2) is 0 Å². The van der Waals surface area contributed by atoms with E-state index in [4.69, 9.17) is 28.6 Å². The number of nitrogens with zero attached hydrogens (tertiary/aromatic N) is 1. The minimum Gasteiger partial charge on any atom is -0.492 e. The second-order valence-corrected chi connectivity index (χ2v) is 10.5. The van der Waals surface area contributed by atoms with Crippen LogP contribution in [-0.2, 0) is 12.8 Å². The fourth-order valence-corrected chi connectivity index (χ4v) is 5.53. The van der Waals surface area contributed by atoms with Crippen LogP contribution < -0.4 is 15.4 Å². The largest absolute Gasteiger partial charge is 0.492 e. The molecule has 0 bridgehead atoms. The molecule has 1 atom stereocenters. The molecule has 1 aliphatic rings. The van der Waals surface area contributed by atoms with E-state index in [0.717, 1.165) is 24.8 Å². The Kier molecular flexibility index (Phi) is 7.25. The maximum atomic E-state index is 12.6. The summed E-state index contributed by atoms with van der Waals surface area (Å²) in [5.41, 5.74) is 2.34. The van der Waals surface area contributed by atoms with Gasteiger partial charge in [0, 0.05) is 10.4 Å². The standard InChI is InChI=1S/C23H26ClN3O2S2/c1-5-29-18-9-6-13(10-17(18)24)20(28)26-22(30)27-21-16(12-25)15-8-7-14(23(2,3)4)11-19(15)31-21/h6,9-10,14H,5,7-8,11H2,1-4H3,(H2,26,27,28,30)/t14-/m0/s1. The molecular formula is C23H26ClN3O2S2. The quantitative estimate of drug-likeness (QED) is 0.534. The third kappa shape index (κ3) is 5.38. The second kappa shape index (κ2) is 9.56. The van der Waals surface area contributed by atoms with E-state index in [0.29, 0.717) is 39.4 Å². The zero-order valence-electron chi connectivity index (χ0n) is 18.1. The molecular weight excluding hydrogens is 450 g/mol. The number of thiocarbonyl (C=S) groups is 1. The topological polar surface area (TPSA) is 74.2 Å². The van der Waals surface area contributed by atoms with Crippen molar-refractivity contribution in [3.8, 4) is 11.8 Å². The van der Waals surface area contributed by atoms with Crippen molar-refractivity contribution >= 4 is 51.2 Å². The minimum atomic E-state index is -0.380. The van der Waals surface area contributed by atoms with E-state index in [9.17, 15) is 10.1 Å². The van der Waals surface area contributed by atoms with E-state index in [1.54, 1.807) is 29.5 Å². The molecule has 1 heterocycles. The minimum absolute atomic E-state index is 0.150. The van der Waals surface area contributed by atoms with Crippen LogP contribution in [0.25, 0.3) is 0 Å². The lowest BCUT2D eigenvalue weighted by molar-refractivity contribution is 0.0977. The molecule has 2 aromatic rings. The highest BCUT2D eigenvalue weighted by Gasteiger charge is 2.32. The molecule has 8 heteroatoms. The lowest BCUT2D eigenvalue weighted by Crippen LogP contribution is -2.34. The number of halogens is 1. The smallest absolute Gasteiger partial charge is 0.257 e. The van der Waals surface area contributed by atoms with Crippen LogP contribution in [-0.4, -0.2) is 17.6 Å². The van der Waals surface area contributed by atoms with Crippen LogP contribution in [0.3, 0.4) is 0 Å². The summed E-state index contributed by atoms with van der Waals surface area (Å²) in [5, 5.41) is 16.6. The molecule has 0 unspecified atom stereocenters. The first-order valence-corrected chi connectivity index (χ1v) is 11.8. The molecule has 2 N–H and O–H groups in total. The summed E-state index contributed by atoms with van der Waals surface area (Å²) >= 11 is 13.1. The zero-order chi connectivity index (χ0) is 22.8. The highest BCUT2D eigenvalue weighted by atomic mass is 35.5. The number of nitriles is 1. The van der Waals surface area contributed by atoms with E-state index in [-0.39, 0.29) is 16.4 Å². The molecule has 5 nitrogen and oxygen atoms in total. The first-order chi connectivity index (χ1) is 14.6. The first-order valence-electron chi connectivity index (χ1n) is 10.2.